The number of piperidine rings is 1. The molecule has 1 aliphatic heterocycles. The first-order valence-electron chi connectivity index (χ1n) is 10.3. The van der Waals surface area contributed by atoms with Crippen LogP contribution in [-0.2, 0) is 11.2 Å². The van der Waals surface area contributed by atoms with E-state index in [1.54, 1.807) is 19.2 Å². The minimum absolute atomic E-state index is 0. The first-order chi connectivity index (χ1) is 14.6. The van der Waals surface area contributed by atoms with Gasteiger partial charge in [0.1, 0.15) is 17.7 Å². The van der Waals surface area contributed by atoms with Crippen LogP contribution in [0.1, 0.15) is 18.4 Å². The maximum absolute atomic E-state index is 13.2. The molecule has 1 fully saturated rings. The van der Waals surface area contributed by atoms with E-state index in [1.807, 2.05) is 30.3 Å². The Morgan fingerprint density at radius 3 is 2.48 bits per heavy atom. The van der Waals surface area contributed by atoms with Crippen LogP contribution in [-0.4, -0.2) is 56.1 Å². The fourth-order valence-electron chi connectivity index (χ4n) is 3.48. The summed E-state index contributed by atoms with van der Waals surface area (Å²) in [4.78, 5) is 18.6. The van der Waals surface area contributed by atoms with Crippen LogP contribution in [0.25, 0.3) is 0 Å². The van der Waals surface area contributed by atoms with Crippen molar-refractivity contribution in [2.45, 2.75) is 25.4 Å². The Morgan fingerprint density at radius 2 is 1.81 bits per heavy atom. The number of carbonyl (C=O) groups excluding carboxylic acids is 1. The van der Waals surface area contributed by atoms with Crippen molar-refractivity contribution in [1.29, 1.82) is 0 Å². The Kier molecular flexibility index (Phi) is 10.6. The second-order valence-electron chi connectivity index (χ2n) is 7.25. The maximum Gasteiger partial charge on any atom is 0.224 e. The topological polar surface area (TPSA) is 66.0 Å². The molecule has 0 aliphatic carbocycles. The van der Waals surface area contributed by atoms with Crippen molar-refractivity contribution < 1.29 is 13.9 Å². The number of nitrogens with zero attached hydrogens (tertiary/aromatic N) is 2. The van der Waals surface area contributed by atoms with Gasteiger partial charge in [0, 0.05) is 46.1 Å². The fourth-order valence-corrected chi connectivity index (χ4v) is 3.48. The molecule has 31 heavy (non-hydrogen) atoms. The molecule has 0 spiro atoms. The molecule has 0 radical (unpaired) electrons. The van der Waals surface area contributed by atoms with Crippen LogP contribution in [0.4, 0.5) is 4.39 Å². The van der Waals surface area contributed by atoms with E-state index in [9.17, 15) is 9.18 Å². The molecule has 0 aromatic heterocycles. The molecule has 6 nitrogen and oxygen atoms in total. The lowest BCUT2D eigenvalue weighted by Crippen LogP contribution is -2.48. The van der Waals surface area contributed by atoms with Gasteiger partial charge in [-0.3, -0.25) is 9.79 Å². The van der Waals surface area contributed by atoms with Crippen molar-refractivity contribution in [1.82, 2.24) is 15.5 Å². The van der Waals surface area contributed by atoms with Gasteiger partial charge >= 0.3 is 0 Å². The van der Waals surface area contributed by atoms with Gasteiger partial charge < -0.3 is 20.3 Å². The lowest BCUT2D eigenvalue weighted by atomic mass is 10.1. The van der Waals surface area contributed by atoms with Gasteiger partial charge in [0.05, 0.1) is 6.42 Å². The van der Waals surface area contributed by atoms with Gasteiger partial charge in [0.25, 0.3) is 0 Å². The number of guanidine groups is 1. The minimum atomic E-state index is -0.330. The Bertz CT molecular complexity index is 842. The summed E-state index contributed by atoms with van der Waals surface area (Å²) in [6, 6.07) is 16.0. The number of carbonyl (C=O) groups is 1. The highest BCUT2D eigenvalue weighted by Crippen LogP contribution is 2.18. The molecule has 1 amide bonds. The van der Waals surface area contributed by atoms with Crippen molar-refractivity contribution in [3.63, 3.8) is 0 Å². The average molecular weight is 540 g/mol. The van der Waals surface area contributed by atoms with E-state index in [-0.39, 0.29) is 48.2 Å². The van der Waals surface area contributed by atoms with Crippen LogP contribution in [0.3, 0.4) is 0 Å². The van der Waals surface area contributed by atoms with Crippen molar-refractivity contribution in [2.75, 3.05) is 33.2 Å². The second-order valence-corrected chi connectivity index (χ2v) is 7.25. The molecule has 8 heteroatoms. The minimum Gasteiger partial charge on any atom is -0.490 e. The molecular weight excluding hydrogens is 510 g/mol. The standard InChI is InChI=1S/C23H29FN4O2.HI/c1-25-23(27-13-12-26-22(29)17-18-6-5-7-19(24)16-18)28-14-10-21(11-15-28)30-20-8-3-2-4-9-20;/h2-9,16,21H,10-15,17H2,1H3,(H,25,27)(H,26,29);1H. The Hall–Kier alpha value is -2.36. The Morgan fingerprint density at radius 1 is 1.10 bits per heavy atom. The SMILES string of the molecule is CN=C(NCCNC(=O)Cc1cccc(F)c1)N1CCC(Oc2ccccc2)CC1.I. The monoisotopic (exact) mass is 540 g/mol. The highest BCUT2D eigenvalue weighted by molar-refractivity contribution is 14.0. The molecule has 2 N–H and O–H groups in total. The van der Waals surface area contributed by atoms with Crippen molar-refractivity contribution >= 4 is 35.8 Å². The van der Waals surface area contributed by atoms with Gasteiger partial charge in [-0.05, 0) is 29.8 Å². The molecule has 0 bridgehead atoms. The highest BCUT2D eigenvalue weighted by atomic mass is 127. The molecule has 168 valence electrons. The van der Waals surface area contributed by atoms with Gasteiger partial charge in [-0.1, -0.05) is 30.3 Å². The van der Waals surface area contributed by atoms with Crippen molar-refractivity contribution in [3.05, 3.63) is 66.0 Å². The van der Waals surface area contributed by atoms with E-state index in [0.717, 1.165) is 37.6 Å². The van der Waals surface area contributed by atoms with Crippen molar-refractivity contribution in [3.8, 4) is 5.75 Å². The summed E-state index contributed by atoms with van der Waals surface area (Å²) in [5, 5.41) is 6.14. The zero-order valence-corrected chi connectivity index (χ0v) is 20.1. The molecule has 0 atom stereocenters. The average Bonchev–Trinajstić information content (AvgIpc) is 2.75. The molecule has 3 rings (SSSR count). The number of hydrogen-bond acceptors (Lipinski definition) is 3. The van der Waals surface area contributed by atoms with Crippen LogP contribution >= 0.6 is 24.0 Å². The van der Waals surface area contributed by atoms with Crippen LogP contribution < -0.4 is 15.4 Å². The summed E-state index contributed by atoms with van der Waals surface area (Å²) in [5.41, 5.74) is 0.664. The van der Waals surface area contributed by atoms with E-state index in [0.29, 0.717) is 18.7 Å². The molecule has 0 saturated carbocycles. The smallest absolute Gasteiger partial charge is 0.224 e. The molecule has 1 saturated heterocycles. The molecular formula is C23H30FIN4O2. The van der Waals surface area contributed by atoms with E-state index < -0.39 is 0 Å². The highest BCUT2D eigenvalue weighted by Gasteiger charge is 2.22. The number of benzene rings is 2. The summed E-state index contributed by atoms with van der Waals surface area (Å²) < 4.78 is 19.2. The van der Waals surface area contributed by atoms with Crippen LogP contribution in [0.2, 0.25) is 0 Å². The number of likely N-dealkylation sites (tertiary alicyclic amines) is 1. The summed E-state index contributed by atoms with van der Waals surface area (Å²) in [6.07, 6.45) is 2.24. The van der Waals surface area contributed by atoms with Gasteiger partial charge in [-0.2, -0.15) is 0 Å². The number of amides is 1. The van der Waals surface area contributed by atoms with Gasteiger partial charge in [0.2, 0.25) is 5.91 Å². The van der Waals surface area contributed by atoms with E-state index in [4.69, 9.17) is 4.74 Å². The number of aliphatic imine (C=N–C) groups is 1. The number of nitrogens with one attached hydrogen (secondary N) is 2. The summed E-state index contributed by atoms with van der Waals surface area (Å²) in [5.74, 6) is 1.28. The fraction of sp³-hybridized carbons (Fsp3) is 0.391. The predicted octanol–water partition coefficient (Wildman–Crippen LogP) is 3.22. The van der Waals surface area contributed by atoms with Crippen molar-refractivity contribution in [2.24, 2.45) is 4.99 Å². The quantitative estimate of drug-likeness (QED) is 0.245. The molecule has 1 aliphatic rings. The third-order valence-electron chi connectivity index (χ3n) is 4.98. The summed E-state index contributed by atoms with van der Waals surface area (Å²) in [6.45, 7) is 2.77. The largest absolute Gasteiger partial charge is 0.490 e. The number of halogens is 2. The second kappa shape index (κ2) is 13.1. The first kappa shape index (κ1) is 24.9. The molecule has 2 aromatic carbocycles. The third-order valence-corrected chi connectivity index (χ3v) is 4.98. The Labute approximate surface area is 200 Å². The van der Waals surface area contributed by atoms with E-state index in [1.165, 1.54) is 12.1 Å². The predicted molar refractivity (Wildman–Crippen MR) is 132 cm³/mol. The maximum atomic E-state index is 13.2. The number of rotatable bonds is 7. The van der Waals surface area contributed by atoms with E-state index >= 15 is 0 Å². The lowest BCUT2D eigenvalue weighted by molar-refractivity contribution is -0.120. The first-order valence-corrected chi connectivity index (χ1v) is 10.3. The van der Waals surface area contributed by atoms with Gasteiger partial charge in [-0.15, -0.1) is 24.0 Å². The third kappa shape index (κ3) is 8.35. The summed E-state index contributed by atoms with van der Waals surface area (Å²) in [7, 11) is 1.76. The lowest BCUT2D eigenvalue weighted by Gasteiger charge is -2.34. The zero-order valence-electron chi connectivity index (χ0n) is 17.7. The molecule has 1 heterocycles. The van der Waals surface area contributed by atoms with Gasteiger partial charge in [0.15, 0.2) is 5.96 Å². The van der Waals surface area contributed by atoms with Gasteiger partial charge in [-0.25, -0.2) is 4.39 Å². The normalized spacial score (nSPS) is 14.5. The van der Waals surface area contributed by atoms with Crippen LogP contribution in [0.5, 0.6) is 5.75 Å². The zero-order chi connectivity index (χ0) is 21.2. The number of para-hydroxylation sites is 1. The number of hydrogen-bond donors (Lipinski definition) is 2. The molecule has 0 unspecified atom stereocenters. The van der Waals surface area contributed by atoms with Crippen LogP contribution in [0, 0.1) is 5.82 Å². The van der Waals surface area contributed by atoms with E-state index in [2.05, 4.69) is 20.5 Å². The summed E-state index contributed by atoms with van der Waals surface area (Å²) >= 11 is 0. The van der Waals surface area contributed by atoms with Crippen LogP contribution in [0.15, 0.2) is 59.6 Å². The Balaban J connectivity index is 0.00000341. The molecule has 2 aromatic rings. The number of ether oxygens (including phenoxy) is 1.